The van der Waals surface area contributed by atoms with Crippen molar-refractivity contribution in [2.45, 2.75) is 18.9 Å². The van der Waals surface area contributed by atoms with E-state index in [1.807, 2.05) is 23.1 Å². The maximum Gasteiger partial charge on any atom is 0.272 e. The monoisotopic (exact) mass is 299 g/mol. The molecule has 1 atom stereocenters. The van der Waals surface area contributed by atoms with Crippen LogP contribution in [0.3, 0.4) is 0 Å². The van der Waals surface area contributed by atoms with E-state index in [0.29, 0.717) is 18.9 Å². The van der Waals surface area contributed by atoms with Crippen LogP contribution in [0.5, 0.6) is 11.5 Å². The van der Waals surface area contributed by atoms with Crippen molar-refractivity contribution in [3.8, 4) is 11.5 Å². The molecular formula is C16H17N3O3. The Morgan fingerprint density at radius 2 is 2.09 bits per heavy atom. The molecule has 0 radical (unpaired) electrons. The molecule has 3 heterocycles. The van der Waals surface area contributed by atoms with Crippen molar-refractivity contribution in [3.05, 3.63) is 41.7 Å². The van der Waals surface area contributed by atoms with Crippen LogP contribution in [0.2, 0.25) is 0 Å². The normalized spacial score (nSPS) is 20.2. The molecular weight excluding hydrogens is 282 g/mol. The second kappa shape index (κ2) is 5.36. The Bertz CT molecular complexity index is 684. The molecule has 0 spiro atoms. The van der Waals surface area contributed by atoms with Crippen LogP contribution in [0.15, 0.2) is 30.5 Å². The minimum absolute atomic E-state index is 0.00473. The fraction of sp³-hybridized carbons (Fsp3) is 0.375. The van der Waals surface area contributed by atoms with Gasteiger partial charge in [0.2, 0.25) is 0 Å². The topological polar surface area (TPSA) is 67.5 Å². The summed E-state index contributed by atoms with van der Waals surface area (Å²) in [6.45, 7) is 1.91. The van der Waals surface area contributed by atoms with E-state index >= 15 is 0 Å². The first-order valence-electron chi connectivity index (χ1n) is 7.53. The zero-order valence-corrected chi connectivity index (χ0v) is 12.1. The number of benzene rings is 1. The van der Waals surface area contributed by atoms with Crippen molar-refractivity contribution in [1.82, 2.24) is 15.1 Å². The lowest BCUT2D eigenvalue weighted by molar-refractivity contribution is 0.0729. The van der Waals surface area contributed by atoms with Crippen LogP contribution in [0.4, 0.5) is 0 Å². The molecule has 1 fully saturated rings. The molecule has 1 aromatic heterocycles. The predicted molar refractivity (Wildman–Crippen MR) is 79.0 cm³/mol. The molecule has 2 aliphatic rings. The third-order valence-electron chi connectivity index (χ3n) is 4.20. The fourth-order valence-electron chi connectivity index (χ4n) is 3.15. The second-order valence-corrected chi connectivity index (χ2v) is 5.53. The third-order valence-corrected chi connectivity index (χ3v) is 4.20. The number of hydrogen-bond donors (Lipinski definition) is 1. The van der Waals surface area contributed by atoms with Crippen molar-refractivity contribution in [3.63, 3.8) is 0 Å². The zero-order valence-electron chi connectivity index (χ0n) is 12.1. The number of ether oxygens (including phenoxy) is 2. The van der Waals surface area contributed by atoms with Gasteiger partial charge in [-0.3, -0.25) is 9.89 Å². The van der Waals surface area contributed by atoms with E-state index in [1.54, 1.807) is 12.3 Å². The van der Waals surface area contributed by atoms with Crippen LogP contribution in [-0.2, 0) is 0 Å². The number of fused-ring (bicyclic) bond motifs is 1. The van der Waals surface area contributed by atoms with Crippen LogP contribution < -0.4 is 9.47 Å². The van der Waals surface area contributed by atoms with Gasteiger partial charge in [-0.15, -0.1) is 0 Å². The van der Waals surface area contributed by atoms with Gasteiger partial charge in [-0.05, 0) is 36.6 Å². The molecule has 1 aromatic carbocycles. The lowest BCUT2D eigenvalue weighted by Gasteiger charge is -2.26. The molecule has 6 nitrogen and oxygen atoms in total. The molecule has 114 valence electrons. The molecule has 22 heavy (non-hydrogen) atoms. The summed E-state index contributed by atoms with van der Waals surface area (Å²) in [4.78, 5) is 14.5. The lowest BCUT2D eigenvalue weighted by atomic mass is 10.0. The highest BCUT2D eigenvalue weighted by Gasteiger charge is 2.31. The van der Waals surface area contributed by atoms with Crippen LogP contribution >= 0.6 is 0 Å². The number of carbonyl (C=O) groups is 1. The summed E-state index contributed by atoms with van der Waals surface area (Å²) in [5.74, 6) is 1.54. The average molecular weight is 299 g/mol. The zero-order chi connectivity index (χ0) is 14.9. The molecule has 1 unspecified atom stereocenters. The lowest BCUT2D eigenvalue weighted by Crippen LogP contribution is -2.31. The third kappa shape index (κ3) is 2.20. The highest BCUT2D eigenvalue weighted by atomic mass is 16.6. The van der Waals surface area contributed by atoms with E-state index in [0.717, 1.165) is 36.4 Å². The predicted octanol–water partition coefficient (Wildman–Crippen LogP) is 2.16. The molecule has 2 aliphatic heterocycles. The molecule has 2 aromatic rings. The maximum absolute atomic E-state index is 12.6. The molecule has 1 amide bonds. The van der Waals surface area contributed by atoms with Gasteiger partial charge in [0.15, 0.2) is 11.5 Å². The van der Waals surface area contributed by atoms with E-state index < -0.39 is 0 Å². The van der Waals surface area contributed by atoms with Crippen molar-refractivity contribution in [1.29, 1.82) is 0 Å². The number of likely N-dealkylation sites (tertiary alicyclic amines) is 1. The molecule has 0 bridgehead atoms. The van der Waals surface area contributed by atoms with Crippen molar-refractivity contribution >= 4 is 5.91 Å². The molecule has 0 aliphatic carbocycles. The van der Waals surface area contributed by atoms with Crippen LogP contribution in [0, 0.1) is 0 Å². The fourth-order valence-corrected chi connectivity index (χ4v) is 3.15. The number of amides is 1. The minimum Gasteiger partial charge on any atom is -0.486 e. The second-order valence-electron chi connectivity index (χ2n) is 5.53. The smallest absolute Gasteiger partial charge is 0.272 e. The van der Waals surface area contributed by atoms with Crippen LogP contribution in [0.1, 0.15) is 34.9 Å². The summed E-state index contributed by atoms with van der Waals surface area (Å²) in [5.41, 5.74) is 1.62. The number of carbonyl (C=O) groups excluding carboxylic acids is 1. The number of aromatic amines is 1. The van der Waals surface area contributed by atoms with Crippen LogP contribution in [0.25, 0.3) is 0 Å². The highest BCUT2D eigenvalue weighted by molar-refractivity contribution is 5.92. The molecule has 1 N–H and O–H groups in total. The first kappa shape index (κ1) is 13.2. The van der Waals surface area contributed by atoms with E-state index in [2.05, 4.69) is 10.2 Å². The summed E-state index contributed by atoms with van der Waals surface area (Å²) in [5, 5.41) is 6.61. The van der Waals surface area contributed by atoms with Gasteiger partial charge in [0.25, 0.3) is 5.91 Å². The Hall–Kier alpha value is -2.50. The Balaban J connectivity index is 1.62. The number of nitrogens with one attached hydrogen (secondary N) is 1. The molecule has 0 saturated carbocycles. The summed E-state index contributed by atoms with van der Waals surface area (Å²) in [7, 11) is 0. The van der Waals surface area contributed by atoms with Gasteiger partial charge in [0, 0.05) is 12.7 Å². The van der Waals surface area contributed by atoms with Gasteiger partial charge in [-0.1, -0.05) is 6.07 Å². The van der Waals surface area contributed by atoms with Crippen molar-refractivity contribution in [2.24, 2.45) is 0 Å². The summed E-state index contributed by atoms with van der Waals surface area (Å²) in [6, 6.07) is 7.74. The Labute approximate surface area is 128 Å². The van der Waals surface area contributed by atoms with Gasteiger partial charge in [-0.2, -0.15) is 5.10 Å². The van der Waals surface area contributed by atoms with Crippen LogP contribution in [-0.4, -0.2) is 40.8 Å². The summed E-state index contributed by atoms with van der Waals surface area (Å²) in [6.07, 6.45) is 3.56. The molecule has 1 saturated heterocycles. The first-order chi connectivity index (χ1) is 10.8. The maximum atomic E-state index is 12.6. The Morgan fingerprint density at radius 1 is 1.23 bits per heavy atom. The van der Waals surface area contributed by atoms with Gasteiger partial charge in [0.1, 0.15) is 18.9 Å². The van der Waals surface area contributed by atoms with Crippen molar-refractivity contribution in [2.75, 3.05) is 19.8 Å². The van der Waals surface area contributed by atoms with Gasteiger partial charge in [0.05, 0.1) is 6.04 Å². The first-order valence-corrected chi connectivity index (χ1v) is 7.53. The van der Waals surface area contributed by atoms with E-state index in [1.165, 1.54) is 0 Å². The Kier molecular flexibility index (Phi) is 3.21. The number of H-pyrrole nitrogens is 1. The van der Waals surface area contributed by atoms with Gasteiger partial charge in [-0.25, -0.2) is 0 Å². The minimum atomic E-state index is -0.00473. The molecule has 4 rings (SSSR count). The van der Waals surface area contributed by atoms with E-state index in [9.17, 15) is 4.79 Å². The standard InChI is InChI=1S/C16H17N3O3/c20-16(12-5-6-17-18-12)19-7-1-2-13(19)11-3-4-14-15(10-11)22-9-8-21-14/h3-6,10,13H,1-2,7-9H2,(H,17,18). The number of nitrogens with zero attached hydrogens (tertiary/aromatic N) is 2. The summed E-state index contributed by atoms with van der Waals surface area (Å²) < 4.78 is 11.2. The SMILES string of the molecule is O=C(c1ccn[nH]1)N1CCCC1c1ccc2c(c1)OCCO2. The number of hydrogen-bond acceptors (Lipinski definition) is 4. The quantitative estimate of drug-likeness (QED) is 0.922. The summed E-state index contributed by atoms with van der Waals surface area (Å²) >= 11 is 0. The largest absolute Gasteiger partial charge is 0.486 e. The van der Waals surface area contributed by atoms with E-state index in [4.69, 9.17) is 9.47 Å². The van der Waals surface area contributed by atoms with E-state index in [-0.39, 0.29) is 11.9 Å². The highest BCUT2D eigenvalue weighted by Crippen LogP contribution is 2.38. The van der Waals surface area contributed by atoms with Gasteiger partial charge >= 0.3 is 0 Å². The Morgan fingerprint density at radius 3 is 2.91 bits per heavy atom. The molecule has 6 heteroatoms. The average Bonchev–Trinajstić information content (AvgIpc) is 3.25. The number of rotatable bonds is 2. The number of aromatic nitrogens is 2. The van der Waals surface area contributed by atoms with Crippen molar-refractivity contribution < 1.29 is 14.3 Å². The van der Waals surface area contributed by atoms with Gasteiger partial charge < -0.3 is 14.4 Å².